The molecule has 1 aliphatic rings. The van der Waals surface area contributed by atoms with Crippen molar-refractivity contribution in [1.29, 1.82) is 0 Å². The van der Waals surface area contributed by atoms with Gasteiger partial charge >= 0.3 is 0 Å². The molecule has 0 aromatic carbocycles. The highest BCUT2D eigenvalue weighted by atomic mass is 32.2. The van der Waals surface area contributed by atoms with E-state index in [1.807, 2.05) is 25.6 Å². The summed E-state index contributed by atoms with van der Waals surface area (Å²) in [6.45, 7) is 4.08. The Kier molecular flexibility index (Phi) is 6.05. The van der Waals surface area contributed by atoms with E-state index >= 15 is 0 Å². The van der Waals surface area contributed by atoms with Crippen molar-refractivity contribution in [3.05, 3.63) is 11.6 Å². The van der Waals surface area contributed by atoms with E-state index in [1.165, 1.54) is 11.3 Å². The molecule has 0 radical (unpaired) electrons. The smallest absolute Gasteiger partial charge is 0.248 e. The van der Waals surface area contributed by atoms with Gasteiger partial charge in [0.15, 0.2) is 5.13 Å². The quantitative estimate of drug-likeness (QED) is 0.806. The van der Waals surface area contributed by atoms with Crippen molar-refractivity contribution in [3.8, 4) is 0 Å². The first-order chi connectivity index (χ1) is 10.0. The van der Waals surface area contributed by atoms with Crippen LogP contribution < -0.4 is 10.6 Å². The van der Waals surface area contributed by atoms with Crippen molar-refractivity contribution in [3.63, 3.8) is 0 Å². The molecule has 1 unspecified atom stereocenters. The molecule has 0 bridgehead atoms. The van der Waals surface area contributed by atoms with E-state index < -0.39 is 6.04 Å². The van der Waals surface area contributed by atoms with Crippen LogP contribution >= 0.6 is 23.1 Å². The molecule has 2 heterocycles. The lowest BCUT2D eigenvalue weighted by molar-refractivity contribution is -0.127. The van der Waals surface area contributed by atoms with E-state index in [0.29, 0.717) is 29.8 Å². The minimum atomic E-state index is -0.492. The predicted molar refractivity (Wildman–Crippen MR) is 87.6 cm³/mol. The number of carbonyl (C=O) groups excluding carboxylic acids is 2. The largest absolute Gasteiger partial charge is 0.344 e. The second-order valence-corrected chi connectivity index (χ2v) is 7.65. The van der Waals surface area contributed by atoms with Gasteiger partial charge in [-0.1, -0.05) is 13.8 Å². The molecule has 0 spiro atoms. The lowest BCUT2D eigenvalue weighted by Crippen LogP contribution is -2.45. The normalized spacial score (nSPS) is 16.3. The summed E-state index contributed by atoms with van der Waals surface area (Å²) < 4.78 is 0. The van der Waals surface area contributed by atoms with Gasteiger partial charge in [-0.2, -0.15) is 11.8 Å². The van der Waals surface area contributed by atoms with Gasteiger partial charge in [0.25, 0.3) is 0 Å². The van der Waals surface area contributed by atoms with Crippen LogP contribution in [-0.4, -0.2) is 34.3 Å². The van der Waals surface area contributed by atoms with Gasteiger partial charge in [0, 0.05) is 18.0 Å². The molecule has 2 rings (SSSR count). The number of thiazole rings is 1. The Bertz CT molecular complexity index is 473. The average molecular weight is 327 g/mol. The van der Waals surface area contributed by atoms with Crippen LogP contribution in [0, 0.1) is 11.8 Å². The summed E-state index contributed by atoms with van der Waals surface area (Å²) in [4.78, 5) is 28.4. The van der Waals surface area contributed by atoms with Crippen LogP contribution in [-0.2, 0) is 9.59 Å². The van der Waals surface area contributed by atoms with Crippen molar-refractivity contribution >= 4 is 40.0 Å². The van der Waals surface area contributed by atoms with Gasteiger partial charge < -0.3 is 10.6 Å². The highest BCUT2D eigenvalue weighted by molar-refractivity contribution is 8.00. The molecule has 116 valence electrons. The third-order valence-corrected chi connectivity index (χ3v) is 5.31. The van der Waals surface area contributed by atoms with E-state index in [2.05, 4.69) is 15.6 Å². The SMILES string of the molecule is CC(C)CC(NC(=O)CC1CSC1)C(=O)Nc1nccs1. The molecular weight excluding hydrogens is 306 g/mol. The molecule has 1 aliphatic heterocycles. The van der Waals surface area contributed by atoms with Gasteiger partial charge in [0.2, 0.25) is 11.8 Å². The minimum Gasteiger partial charge on any atom is -0.344 e. The van der Waals surface area contributed by atoms with Gasteiger partial charge in [0.05, 0.1) is 0 Å². The van der Waals surface area contributed by atoms with Crippen LogP contribution in [0.1, 0.15) is 26.7 Å². The number of carbonyl (C=O) groups is 2. The Labute approximate surface area is 133 Å². The second-order valence-electron chi connectivity index (χ2n) is 5.68. The zero-order valence-electron chi connectivity index (χ0n) is 12.3. The molecular formula is C14H21N3O2S2. The van der Waals surface area contributed by atoms with Crippen LogP contribution in [0.4, 0.5) is 5.13 Å². The first kappa shape index (κ1) is 16.3. The Morgan fingerprint density at radius 3 is 2.71 bits per heavy atom. The zero-order valence-corrected chi connectivity index (χ0v) is 13.9. The van der Waals surface area contributed by atoms with E-state index in [9.17, 15) is 9.59 Å². The number of hydrogen-bond acceptors (Lipinski definition) is 5. The maximum atomic E-state index is 12.3. The van der Waals surface area contributed by atoms with Crippen molar-refractivity contribution in [2.24, 2.45) is 11.8 Å². The van der Waals surface area contributed by atoms with E-state index in [1.54, 1.807) is 11.6 Å². The van der Waals surface area contributed by atoms with E-state index in [4.69, 9.17) is 0 Å². The average Bonchev–Trinajstić information content (AvgIpc) is 2.85. The van der Waals surface area contributed by atoms with Gasteiger partial charge in [-0.25, -0.2) is 4.98 Å². The number of rotatable bonds is 7. The molecule has 1 aromatic rings. The molecule has 0 aliphatic carbocycles. The lowest BCUT2D eigenvalue weighted by Gasteiger charge is -2.25. The fourth-order valence-electron chi connectivity index (χ4n) is 2.10. The Morgan fingerprint density at radius 1 is 1.43 bits per heavy atom. The fourth-order valence-corrected chi connectivity index (χ4v) is 3.43. The molecule has 21 heavy (non-hydrogen) atoms. The molecule has 1 saturated heterocycles. The van der Waals surface area contributed by atoms with Gasteiger partial charge in [-0.05, 0) is 29.8 Å². The van der Waals surface area contributed by atoms with Crippen molar-refractivity contribution < 1.29 is 9.59 Å². The number of nitrogens with zero attached hydrogens (tertiary/aromatic N) is 1. The van der Waals surface area contributed by atoms with Crippen molar-refractivity contribution in [2.45, 2.75) is 32.7 Å². The second kappa shape index (κ2) is 7.79. The van der Waals surface area contributed by atoms with Crippen molar-refractivity contribution in [2.75, 3.05) is 16.8 Å². The van der Waals surface area contributed by atoms with Gasteiger partial charge in [-0.3, -0.25) is 9.59 Å². The fraction of sp³-hybridized carbons (Fsp3) is 0.643. The Balaban J connectivity index is 1.89. The number of anilines is 1. The molecule has 1 aromatic heterocycles. The summed E-state index contributed by atoms with van der Waals surface area (Å²) >= 11 is 3.23. The number of nitrogens with one attached hydrogen (secondary N) is 2. The topological polar surface area (TPSA) is 71.1 Å². The summed E-state index contributed by atoms with van der Waals surface area (Å²) in [6.07, 6.45) is 2.79. The number of hydrogen-bond donors (Lipinski definition) is 2. The van der Waals surface area contributed by atoms with E-state index in [-0.39, 0.29) is 11.8 Å². The maximum Gasteiger partial charge on any atom is 0.248 e. The maximum absolute atomic E-state index is 12.3. The third kappa shape index (κ3) is 5.32. The predicted octanol–water partition coefficient (Wildman–Crippen LogP) is 2.37. The summed E-state index contributed by atoms with van der Waals surface area (Å²) in [5.74, 6) is 2.68. The molecule has 1 atom stereocenters. The first-order valence-corrected chi connectivity index (χ1v) is 9.15. The van der Waals surface area contributed by atoms with Gasteiger partial charge in [0.1, 0.15) is 6.04 Å². The summed E-state index contributed by atoms with van der Waals surface area (Å²) in [7, 11) is 0. The number of amides is 2. The molecule has 7 heteroatoms. The molecule has 5 nitrogen and oxygen atoms in total. The number of thioether (sulfide) groups is 1. The zero-order chi connectivity index (χ0) is 15.2. The summed E-state index contributed by atoms with van der Waals surface area (Å²) in [6, 6.07) is -0.492. The highest BCUT2D eigenvalue weighted by Gasteiger charge is 2.26. The van der Waals surface area contributed by atoms with Crippen molar-refractivity contribution in [1.82, 2.24) is 10.3 Å². The molecule has 1 fully saturated rings. The van der Waals surface area contributed by atoms with Crippen LogP contribution in [0.15, 0.2) is 11.6 Å². The van der Waals surface area contributed by atoms with Crippen LogP contribution in [0.5, 0.6) is 0 Å². The van der Waals surface area contributed by atoms with Crippen LogP contribution in [0.3, 0.4) is 0 Å². The van der Waals surface area contributed by atoms with E-state index in [0.717, 1.165) is 11.5 Å². The molecule has 2 amide bonds. The third-order valence-electron chi connectivity index (χ3n) is 3.20. The Morgan fingerprint density at radius 2 is 2.19 bits per heavy atom. The standard InChI is InChI=1S/C14H21N3O2S2/c1-9(2)5-11(13(19)17-14-15-3-4-21-14)16-12(18)6-10-7-20-8-10/h3-4,9-11H,5-8H2,1-2H3,(H,16,18)(H,15,17,19). The minimum absolute atomic E-state index is 0.0276. The number of aromatic nitrogens is 1. The Hall–Kier alpha value is -1.08. The van der Waals surface area contributed by atoms with Crippen LogP contribution in [0.2, 0.25) is 0 Å². The lowest BCUT2D eigenvalue weighted by atomic mass is 10.0. The van der Waals surface area contributed by atoms with Gasteiger partial charge in [-0.15, -0.1) is 11.3 Å². The monoisotopic (exact) mass is 327 g/mol. The first-order valence-electron chi connectivity index (χ1n) is 7.12. The summed E-state index contributed by atoms with van der Waals surface area (Å²) in [5, 5.41) is 8.01. The molecule has 0 saturated carbocycles. The summed E-state index contributed by atoms with van der Waals surface area (Å²) in [5.41, 5.74) is 0. The van der Waals surface area contributed by atoms with Crippen LogP contribution in [0.25, 0.3) is 0 Å². The highest BCUT2D eigenvalue weighted by Crippen LogP contribution is 2.27. The molecule has 2 N–H and O–H groups in total.